The minimum absolute atomic E-state index is 0.0147. The topological polar surface area (TPSA) is 75.7 Å². The van der Waals surface area contributed by atoms with E-state index in [0.717, 1.165) is 15.4 Å². The SMILES string of the molecule is COC(=O)CCN(C)S(=O)(=O)Nc1ccc(C)cc1C. The molecule has 0 amide bonds. The minimum atomic E-state index is -3.68. The van der Waals surface area contributed by atoms with E-state index in [9.17, 15) is 13.2 Å². The Labute approximate surface area is 119 Å². The zero-order valence-electron chi connectivity index (χ0n) is 12.1. The molecule has 0 spiro atoms. The van der Waals surface area contributed by atoms with Crippen LogP contribution in [0.4, 0.5) is 5.69 Å². The molecule has 0 aromatic heterocycles. The van der Waals surface area contributed by atoms with Gasteiger partial charge in [-0.25, -0.2) is 0 Å². The average Bonchev–Trinajstić information content (AvgIpc) is 2.38. The molecule has 0 saturated heterocycles. The van der Waals surface area contributed by atoms with Crippen molar-refractivity contribution >= 4 is 21.9 Å². The van der Waals surface area contributed by atoms with Crippen molar-refractivity contribution < 1.29 is 17.9 Å². The van der Waals surface area contributed by atoms with Crippen molar-refractivity contribution in [2.45, 2.75) is 20.3 Å². The molecule has 0 aliphatic rings. The number of ether oxygens (including phenoxy) is 1. The van der Waals surface area contributed by atoms with Gasteiger partial charge in [0.2, 0.25) is 0 Å². The second-order valence-corrected chi connectivity index (χ2v) is 6.35. The largest absolute Gasteiger partial charge is 0.469 e. The molecule has 7 heteroatoms. The highest BCUT2D eigenvalue weighted by Crippen LogP contribution is 2.18. The summed E-state index contributed by atoms with van der Waals surface area (Å²) >= 11 is 0. The summed E-state index contributed by atoms with van der Waals surface area (Å²) in [6, 6.07) is 5.45. The van der Waals surface area contributed by atoms with E-state index < -0.39 is 16.2 Å². The predicted octanol–water partition coefficient (Wildman–Crippen LogP) is 1.46. The fourth-order valence-corrected chi connectivity index (χ4v) is 2.61. The molecular formula is C13H20N2O4S. The van der Waals surface area contributed by atoms with Crippen LogP contribution in [-0.4, -0.2) is 39.4 Å². The number of nitrogens with zero attached hydrogens (tertiary/aromatic N) is 1. The summed E-state index contributed by atoms with van der Waals surface area (Å²) in [6.45, 7) is 3.83. The molecule has 0 bridgehead atoms. The fraction of sp³-hybridized carbons (Fsp3) is 0.462. The Balaban J connectivity index is 2.76. The number of methoxy groups -OCH3 is 1. The van der Waals surface area contributed by atoms with Crippen LogP contribution in [0, 0.1) is 13.8 Å². The first-order chi connectivity index (χ1) is 9.26. The summed E-state index contributed by atoms with van der Waals surface area (Å²) in [5.41, 5.74) is 2.43. The van der Waals surface area contributed by atoms with Gasteiger partial charge in [0.1, 0.15) is 0 Å². The van der Waals surface area contributed by atoms with E-state index in [1.807, 2.05) is 26.0 Å². The second-order valence-electron chi connectivity index (χ2n) is 4.57. The summed E-state index contributed by atoms with van der Waals surface area (Å²) in [6.07, 6.45) is 0.0147. The van der Waals surface area contributed by atoms with E-state index in [0.29, 0.717) is 5.69 Å². The number of nitrogens with one attached hydrogen (secondary N) is 1. The van der Waals surface area contributed by atoms with Crippen LogP contribution in [0.5, 0.6) is 0 Å². The Kier molecular flexibility index (Phi) is 5.52. The van der Waals surface area contributed by atoms with Crippen LogP contribution in [0.1, 0.15) is 17.5 Å². The molecule has 20 heavy (non-hydrogen) atoms. The summed E-state index contributed by atoms with van der Waals surface area (Å²) in [5.74, 6) is -0.446. The lowest BCUT2D eigenvalue weighted by molar-refractivity contribution is -0.140. The highest BCUT2D eigenvalue weighted by molar-refractivity contribution is 7.90. The van der Waals surface area contributed by atoms with E-state index >= 15 is 0 Å². The van der Waals surface area contributed by atoms with E-state index in [1.165, 1.54) is 14.2 Å². The third-order valence-electron chi connectivity index (χ3n) is 2.89. The number of esters is 1. The predicted molar refractivity (Wildman–Crippen MR) is 77.7 cm³/mol. The Morgan fingerprint density at radius 3 is 2.55 bits per heavy atom. The van der Waals surface area contributed by atoms with E-state index in [4.69, 9.17) is 0 Å². The molecule has 0 aliphatic heterocycles. The van der Waals surface area contributed by atoms with Crippen molar-refractivity contribution in [3.05, 3.63) is 29.3 Å². The highest BCUT2D eigenvalue weighted by Gasteiger charge is 2.19. The molecule has 1 aromatic carbocycles. The normalized spacial score (nSPS) is 11.4. The molecule has 6 nitrogen and oxygen atoms in total. The number of aryl methyl sites for hydroxylation is 2. The van der Waals surface area contributed by atoms with Gasteiger partial charge in [-0.05, 0) is 25.5 Å². The third-order valence-corrected chi connectivity index (χ3v) is 4.37. The van der Waals surface area contributed by atoms with Crippen molar-refractivity contribution in [3.8, 4) is 0 Å². The van der Waals surface area contributed by atoms with Crippen LogP contribution in [0.3, 0.4) is 0 Å². The maximum absolute atomic E-state index is 12.1. The second kappa shape index (κ2) is 6.71. The number of benzene rings is 1. The summed E-state index contributed by atoms with van der Waals surface area (Å²) in [7, 11) is -0.997. The molecular weight excluding hydrogens is 280 g/mol. The van der Waals surface area contributed by atoms with Gasteiger partial charge in [0, 0.05) is 13.6 Å². The lowest BCUT2D eigenvalue weighted by Gasteiger charge is -2.18. The van der Waals surface area contributed by atoms with Crippen LogP contribution in [-0.2, 0) is 19.7 Å². The number of hydrogen-bond acceptors (Lipinski definition) is 4. The van der Waals surface area contributed by atoms with Gasteiger partial charge in [-0.3, -0.25) is 9.52 Å². The van der Waals surface area contributed by atoms with Gasteiger partial charge < -0.3 is 4.74 Å². The van der Waals surface area contributed by atoms with Gasteiger partial charge in [-0.15, -0.1) is 0 Å². The number of anilines is 1. The van der Waals surface area contributed by atoms with Crippen molar-refractivity contribution in [3.63, 3.8) is 0 Å². The lowest BCUT2D eigenvalue weighted by atomic mass is 10.1. The van der Waals surface area contributed by atoms with Crippen molar-refractivity contribution in [2.75, 3.05) is 25.4 Å². The zero-order valence-corrected chi connectivity index (χ0v) is 13.0. The van der Waals surface area contributed by atoms with E-state index in [2.05, 4.69) is 9.46 Å². The molecule has 1 aromatic rings. The summed E-state index contributed by atoms with van der Waals surface area (Å²) in [4.78, 5) is 11.0. The van der Waals surface area contributed by atoms with Crippen molar-refractivity contribution in [1.82, 2.24) is 4.31 Å². The molecule has 0 fully saturated rings. The van der Waals surface area contributed by atoms with Crippen LogP contribution < -0.4 is 4.72 Å². The van der Waals surface area contributed by atoms with Gasteiger partial charge in [0.15, 0.2) is 0 Å². The van der Waals surface area contributed by atoms with Gasteiger partial charge in [0.25, 0.3) is 0 Å². The Bertz CT molecular complexity index is 584. The first-order valence-corrected chi connectivity index (χ1v) is 7.58. The van der Waals surface area contributed by atoms with Gasteiger partial charge >= 0.3 is 16.2 Å². The fourth-order valence-electron chi connectivity index (χ4n) is 1.62. The maximum Gasteiger partial charge on any atom is 0.306 e. The lowest BCUT2D eigenvalue weighted by Crippen LogP contribution is -2.34. The monoisotopic (exact) mass is 300 g/mol. The molecule has 0 heterocycles. The smallest absolute Gasteiger partial charge is 0.306 e. The molecule has 112 valence electrons. The number of carbonyl (C=O) groups is 1. The minimum Gasteiger partial charge on any atom is -0.469 e. The maximum atomic E-state index is 12.1. The molecule has 1 N–H and O–H groups in total. The van der Waals surface area contributed by atoms with Crippen LogP contribution in [0.25, 0.3) is 0 Å². The average molecular weight is 300 g/mol. The zero-order chi connectivity index (χ0) is 15.3. The molecule has 0 radical (unpaired) electrons. The molecule has 0 saturated carbocycles. The van der Waals surface area contributed by atoms with Gasteiger partial charge in [-0.1, -0.05) is 17.7 Å². The molecule has 1 rings (SSSR count). The van der Waals surface area contributed by atoms with Crippen molar-refractivity contribution in [2.24, 2.45) is 0 Å². The first-order valence-electron chi connectivity index (χ1n) is 6.14. The number of hydrogen-bond donors (Lipinski definition) is 1. The number of carbonyl (C=O) groups excluding carboxylic acids is 1. The van der Waals surface area contributed by atoms with Gasteiger partial charge in [-0.2, -0.15) is 12.7 Å². The molecule has 0 aliphatic carbocycles. The van der Waals surface area contributed by atoms with Crippen LogP contribution in [0.15, 0.2) is 18.2 Å². The van der Waals surface area contributed by atoms with Crippen molar-refractivity contribution in [1.29, 1.82) is 0 Å². The highest BCUT2D eigenvalue weighted by atomic mass is 32.2. The quantitative estimate of drug-likeness (QED) is 0.807. The molecule has 0 atom stereocenters. The third kappa shape index (κ3) is 4.50. The van der Waals surface area contributed by atoms with Crippen LogP contribution in [0.2, 0.25) is 0 Å². The van der Waals surface area contributed by atoms with E-state index in [-0.39, 0.29) is 13.0 Å². The first kappa shape index (κ1) is 16.5. The summed E-state index contributed by atoms with van der Waals surface area (Å²) < 4.78 is 32.3. The van der Waals surface area contributed by atoms with E-state index in [1.54, 1.807) is 6.07 Å². The Morgan fingerprint density at radius 2 is 2.00 bits per heavy atom. The Morgan fingerprint density at radius 1 is 1.35 bits per heavy atom. The van der Waals surface area contributed by atoms with Gasteiger partial charge in [0.05, 0.1) is 19.2 Å². The van der Waals surface area contributed by atoms with Crippen LogP contribution >= 0.6 is 0 Å². The standard InChI is InChI=1S/C13H20N2O4S/c1-10-5-6-12(11(2)9-10)14-20(17,18)15(3)8-7-13(16)19-4/h5-6,9,14H,7-8H2,1-4H3. The summed E-state index contributed by atoms with van der Waals surface area (Å²) in [5, 5.41) is 0. The Hall–Kier alpha value is -1.60. The number of rotatable bonds is 6. The molecule has 0 unspecified atom stereocenters.